The maximum Gasteiger partial charge on any atom is 0.222 e. The molecule has 1 saturated heterocycles. The van der Waals surface area contributed by atoms with Crippen molar-refractivity contribution in [2.75, 3.05) is 19.6 Å². The number of β-amino-alcohol motifs (C(OH)–C–C–N with tert-alkyl or cyclic N) is 1. The third-order valence-electron chi connectivity index (χ3n) is 4.34. The Labute approximate surface area is 126 Å². The lowest BCUT2D eigenvalue weighted by atomic mass is 10.2. The van der Waals surface area contributed by atoms with E-state index in [-0.39, 0.29) is 5.91 Å². The highest BCUT2D eigenvalue weighted by Gasteiger charge is 2.31. The molecule has 1 N–H and O–H groups in total. The minimum Gasteiger partial charge on any atom is -0.390 e. The molecule has 1 saturated carbocycles. The molecular formula is C17H24N2O2. The Bertz CT molecular complexity index is 473. The standard InChI is InChI=1S/C17H24N2O2/c20-16(12-18-10-4-7-17(18)21)13-19(15-8-9-15)11-14-5-2-1-3-6-14/h1-3,5-6,15-16,20H,4,7-13H2. The molecule has 0 spiro atoms. The van der Waals surface area contributed by atoms with Gasteiger partial charge in [0.2, 0.25) is 5.91 Å². The molecule has 21 heavy (non-hydrogen) atoms. The molecule has 1 unspecified atom stereocenters. The summed E-state index contributed by atoms with van der Waals surface area (Å²) in [5.41, 5.74) is 1.29. The van der Waals surface area contributed by atoms with E-state index >= 15 is 0 Å². The normalized spacial score (nSPS) is 20.3. The van der Waals surface area contributed by atoms with Crippen LogP contribution >= 0.6 is 0 Å². The fourth-order valence-electron chi connectivity index (χ4n) is 3.08. The molecule has 1 aromatic carbocycles. The molecule has 1 aromatic rings. The van der Waals surface area contributed by atoms with E-state index in [1.807, 2.05) is 6.07 Å². The van der Waals surface area contributed by atoms with E-state index in [4.69, 9.17) is 0 Å². The molecule has 4 heteroatoms. The molecule has 1 amide bonds. The van der Waals surface area contributed by atoms with Crippen molar-refractivity contribution in [3.8, 4) is 0 Å². The van der Waals surface area contributed by atoms with E-state index in [0.29, 0.717) is 25.6 Å². The summed E-state index contributed by atoms with van der Waals surface area (Å²) in [6.45, 7) is 2.83. The molecule has 0 aromatic heterocycles. The molecule has 2 aliphatic rings. The van der Waals surface area contributed by atoms with Gasteiger partial charge in [-0.3, -0.25) is 9.69 Å². The summed E-state index contributed by atoms with van der Waals surface area (Å²) >= 11 is 0. The minimum atomic E-state index is -0.448. The Hall–Kier alpha value is -1.39. The van der Waals surface area contributed by atoms with Crippen LogP contribution in [0.4, 0.5) is 0 Å². The number of aliphatic hydroxyl groups is 1. The lowest BCUT2D eigenvalue weighted by Gasteiger charge is -2.27. The van der Waals surface area contributed by atoms with Gasteiger partial charge in [0.1, 0.15) is 0 Å². The second kappa shape index (κ2) is 6.58. The zero-order valence-corrected chi connectivity index (χ0v) is 12.4. The number of carbonyl (C=O) groups is 1. The Balaban J connectivity index is 1.53. The molecule has 114 valence electrons. The van der Waals surface area contributed by atoms with Crippen LogP contribution in [0.1, 0.15) is 31.2 Å². The van der Waals surface area contributed by atoms with Crippen LogP contribution in [0.3, 0.4) is 0 Å². The molecular weight excluding hydrogens is 264 g/mol. The predicted octanol–water partition coefficient (Wildman–Crippen LogP) is 1.63. The van der Waals surface area contributed by atoms with Crippen molar-refractivity contribution in [1.82, 2.24) is 9.80 Å². The van der Waals surface area contributed by atoms with E-state index in [1.54, 1.807) is 4.90 Å². The summed E-state index contributed by atoms with van der Waals surface area (Å²) in [6.07, 6.45) is 3.58. The van der Waals surface area contributed by atoms with E-state index in [9.17, 15) is 9.90 Å². The van der Waals surface area contributed by atoms with Gasteiger partial charge in [0.05, 0.1) is 6.10 Å². The van der Waals surface area contributed by atoms with E-state index in [0.717, 1.165) is 19.5 Å². The summed E-state index contributed by atoms with van der Waals surface area (Å²) in [5.74, 6) is 0.190. The van der Waals surface area contributed by atoms with Crippen molar-refractivity contribution in [1.29, 1.82) is 0 Å². The Morgan fingerprint density at radius 3 is 2.67 bits per heavy atom. The molecule has 4 nitrogen and oxygen atoms in total. The number of hydrogen-bond acceptors (Lipinski definition) is 3. The fourth-order valence-corrected chi connectivity index (χ4v) is 3.08. The second-order valence-corrected chi connectivity index (χ2v) is 6.24. The number of rotatable bonds is 7. The van der Waals surface area contributed by atoms with Crippen molar-refractivity contribution < 1.29 is 9.90 Å². The molecule has 1 atom stereocenters. The lowest BCUT2D eigenvalue weighted by Crippen LogP contribution is -2.41. The van der Waals surface area contributed by atoms with Crippen LogP contribution in [0.25, 0.3) is 0 Å². The first-order chi connectivity index (χ1) is 10.2. The van der Waals surface area contributed by atoms with Gasteiger partial charge < -0.3 is 10.0 Å². The quantitative estimate of drug-likeness (QED) is 0.829. The summed E-state index contributed by atoms with van der Waals surface area (Å²) in [5, 5.41) is 10.3. The zero-order chi connectivity index (χ0) is 14.7. The Morgan fingerprint density at radius 2 is 2.05 bits per heavy atom. The van der Waals surface area contributed by atoms with Crippen LogP contribution < -0.4 is 0 Å². The number of carbonyl (C=O) groups excluding carboxylic acids is 1. The highest BCUT2D eigenvalue weighted by atomic mass is 16.3. The topological polar surface area (TPSA) is 43.8 Å². The van der Waals surface area contributed by atoms with Crippen molar-refractivity contribution in [2.45, 2.75) is 44.4 Å². The molecule has 0 bridgehead atoms. The van der Waals surface area contributed by atoms with Crippen molar-refractivity contribution >= 4 is 5.91 Å². The maximum atomic E-state index is 11.6. The number of likely N-dealkylation sites (tertiary alicyclic amines) is 1. The second-order valence-electron chi connectivity index (χ2n) is 6.24. The van der Waals surface area contributed by atoms with Crippen molar-refractivity contribution in [2.24, 2.45) is 0 Å². The van der Waals surface area contributed by atoms with E-state index in [2.05, 4.69) is 29.2 Å². The number of nitrogens with zero attached hydrogens (tertiary/aromatic N) is 2. The van der Waals surface area contributed by atoms with Gasteiger partial charge in [-0.1, -0.05) is 30.3 Å². The lowest BCUT2D eigenvalue weighted by molar-refractivity contribution is -0.129. The average Bonchev–Trinajstić information content (AvgIpc) is 3.25. The third-order valence-corrected chi connectivity index (χ3v) is 4.34. The summed E-state index contributed by atoms with van der Waals surface area (Å²) in [4.78, 5) is 15.8. The van der Waals surface area contributed by atoms with Crippen LogP contribution in [0.5, 0.6) is 0 Å². The smallest absolute Gasteiger partial charge is 0.222 e. The summed E-state index contributed by atoms with van der Waals surface area (Å²) in [6, 6.07) is 11.0. The largest absolute Gasteiger partial charge is 0.390 e. The van der Waals surface area contributed by atoms with Crippen LogP contribution in [-0.4, -0.2) is 52.6 Å². The van der Waals surface area contributed by atoms with Gasteiger partial charge in [-0.15, -0.1) is 0 Å². The Kier molecular flexibility index (Phi) is 4.56. The molecule has 1 aliphatic carbocycles. The summed E-state index contributed by atoms with van der Waals surface area (Å²) in [7, 11) is 0. The van der Waals surface area contributed by atoms with Crippen LogP contribution in [-0.2, 0) is 11.3 Å². The summed E-state index contributed by atoms with van der Waals surface area (Å²) < 4.78 is 0. The molecule has 3 rings (SSSR count). The number of benzene rings is 1. The molecule has 1 aliphatic heterocycles. The van der Waals surface area contributed by atoms with E-state index in [1.165, 1.54) is 18.4 Å². The maximum absolute atomic E-state index is 11.6. The molecule has 2 fully saturated rings. The first-order valence-corrected chi connectivity index (χ1v) is 7.96. The highest BCUT2D eigenvalue weighted by molar-refractivity contribution is 5.78. The van der Waals surface area contributed by atoms with Gasteiger partial charge in [0, 0.05) is 38.6 Å². The zero-order valence-electron chi connectivity index (χ0n) is 12.4. The van der Waals surface area contributed by atoms with Crippen molar-refractivity contribution in [3.05, 3.63) is 35.9 Å². The number of aliphatic hydroxyl groups excluding tert-OH is 1. The molecule has 0 radical (unpaired) electrons. The fraction of sp³-hybridized carbons (Fsp3) is 0.588. The average molecular weight is 288 g/mol. The SMILES string of the molecule is O=C1CCCN1CC(O)CN(Cc1ccccc1)C1CC1. The first kappa shape index (κ1) is 14.5. The van der Waals surface area contributed by atoms with Gasteiger partial charge >= 0.3 is 0 Å². The third kappa shape index (κ3) is 4.05. The van der Waals surface area contributed by atoms with Gasteiger partial charge in [0.15, 0.2) is 0 Å². The van der Waals surface area contributed by atoms with Crippen LogP contribution in [0, 0.1) is 0 Å². The van der Waals surface area contributed by atoms with Gasteiger partial charge in [-0.2, -0.15) is 0 Å². The monoisotopic (exact) mass is 288 g/mol. The van der Waals surface area contributed by atoms with Crippen LogP contribution in [0.15, 0.2) is 30.3 Å². The van der Waals surface area contributed by atoms with Gasteiger partial charge in [-0.05, 0) is 24.8 Å². The number of amides is 1. The Morgan fingerprint density at radius 1 is 1.29 bits per heavy atom. The predicted molar refractivity (Wildman–Crippen MR) is 81.7 cm³/mol. The minimum absolute atomic E-state index is 0.190. The molecule has 1 heterocycles. The van der Waals surface area contributed by atoms with Crippen LogP contribution in [0.2, 0.25) is 0 Å². The van der Waals surface area contributed by atoms with Gasteiger partial charge in [0.25, 0.3) is 0 Å². The number of hydrogen-bond donors (Lipinski definition) is 1. The van der Waals surface area contributed by atoms with E-state index < -0.39 is 6.10 Å². The van der Waals surface area contributed by atoms with Crippen molar-refractivity contribution in [3.63, 3.8) is 0 Å². The highest BCUT2D eigenvalue weighted by Crippen LogP contribution is 2.28. The first-order valence-electron chi connectivity index (χ1n) is 7.96. The van der Waals surface area contributed by atoms with Gasteiger partial charge in [-0.25, -0.2) is 0 Å².